The third-order valence-corrected chi connectivity index (χ3v) is 2.25. The first-order valence-corrected chi connectivity index (χ1v) is 5.88. The topological polar surface area (TPSA) is 72.2 Å². The molecule has 0 spiro atoms. The fourth-order valence-corrected chi connectivity index (χ4v) is 1.62. The summed E-state index contributed by atoms with van der Waals surface area (Å²) in [6.45, 7) is -0.281. The first kappa shape index (κ1) is 15.1. The van der Waals surface area contributed by atoms with E-state index >= 15 is 0 Å². The van der Waals surface area contributed by atoms with Gasteiger partial charge in [0.25, 0.3) is 0 Å². The average Bonchev–Trinajstić information content (AvgIpc) is 1.99. The van der Waals surface area contributed by atoms with Crippen molar-refractivity contribution in [3.63, 3.8) is 0 Å². The number of hydrogen-bond acceptors (Lipinski definition) is 3. The summed E-state index contributed by atoms with van der Waals surface area (Å²) in [5, 5.41) is 0. The largest absolute Gasteiger partial charge is 0.326 e. The molecular weight excluding hydrogens is 262 g/mol. The number of sulfonamides is 1. The fourth-order valence-electron chi connectivity index (χ4n) is 1.07. The highest BCUT2D eigenvalue weighted by molar-refractivity contribution is 7.92. The Hall–Kier alpha value is -0.920. The minimum Gasteiger partial charge on any atom is -0.326 e. The van der Waals surface area contributed by atoms with Crippen LogP contribution in [0, 0.1) is 11.6 Å². The predicted molar refractivity (Wildman–Crippen MR) is 60.0 cm³/mol. The Bertz CT molecular complexity index is 456. The maximum Gasteiger partial charge on any atom is 0.229 e. The van der Waals surface area contributed by atoms with Gasteiger partial charge in [-0.3, -0.25) is 4.72 Å². The first-order chi connectivity index (χ1) is 6.83. The highest BCUT2D eigenvalue weighted by atomic mass is 35.5. The average molecular weight is 273 g/mol. The molecule has 0 bridgehead atoms. The first-order valence-electron chi connectivity index (χ1n) is 3.99. The van der Waals surface area contributed by atoms with Crippen LogP contribution in [0.15, 0.2) is 12.1 Å². The summed E-state index contributed by atoms with van der Waals surface area (Å²) in [6.07, 6.45) is 0.889. The lowest BCUT2D eigenvalue weighted by Gasteiger charge is -2.07. The molecule has 16 heavy (non-hydrogen) atoms. The van der Waals surface area contributed by atoms with Crippen molar-refractivity contribution in [1.82, 2.24) is 0 Å². The molecule has 4 nitrogen and oxygen atoms in total. The van der Waals surface area contributed by atoms with Gasteiger partial charge in [0.15, 0.2) is 0 Å². The van der Waals surface area contributed by atoms with Gasteiger partial charge < -0.3 is 5.73 Å². The van der Waals surface area contributed by atoms with Gasteiger partial charge in [0.2, 0.25) is 10.0 Å². The molecule has 0 radical (unpaired) electrons. The summed E-state index contributed by atoms with van der Waals surface area (Å²) in [5.74, 6) is -1.74. The molecule has 1 aromatic carbocycles. The van der Waals surface area contributed by atoms with Gasteiger partial charge in [-0.2, -0.15) is 0 Å². The minimum atomic E-state index is -3.54. The standard InChI is InChI=1S/C8H10F2N2O2S.ClH/c1-15(13,14)12-5-2-7(9)6(4-11)8(10)3-5;/h2-3,12H,4,11H2,1H3;1H. The van der Waals surface area contributed by atoms with Crippen LogP contribution >= 0.6 is 12.4 Å². The molecule has 0 unspecified atom stereocenters. The van der Waals surface area contributed by atoms with Crippen molar-refractivity contribution in [1.29, 1.82) is 0 Å². The molecule has 0 aliphatic heterocycles. The number of halogens is 3. The van der Waals surface area contributed by atoms with E-state index in [-0.39, 0.29) is 30.2 Å². The molecule has 0 aromatic heterocycles. The summed E-state index contributed by atoms with van der Waals surface area (Å²) < 4.78 is 49.8. The van der Waals surface area contributed by atoms with Crippen LogP contribution in [0.3, 0.4) is 0 Å². The molecule has 0 saturated heterocycles. The molecule has 3 N–H and O–H groups in total. The maximum atomic E-state index is 13.1. The van der Waals surface area contributed by atoms with Crippen molar-refractivity contribution in [3.05, 3.63) is 29.3 Å². The zero-order valence-electron chi connectivity index (χ0n) is 8.33. The van der Waals surface area contributed by atoms with E-state index in [1.165, 1.54) is 0 Å². The second-order valence-corrected chi connectivity index (χ2v) is 4.75. The van der Waals surface area contributed by atoms with Crippen molar-refractivity contribution < 1.29 is 17.2 Å². The molecule has 0 saturated carbocycles. The van der Waals surface area contributed by atoms with E-state index in [0.717, 1.165) is 18.4 Å². The molecule has 0 fully saturated rings. The normalized spacial score (nSPS) is 10.8. The van der Waals surface area contributed by atoms with Crippen LogP contribution in [-0.4, -0.2) is 14.7 Å². The molecule has 0 amide bonds. The van der Waals surface area contributed by atoms with E-state index in [4.69, 9.17) is 5.73 Å². The molecule has 0 atom stereocenters. The molecule has 92 valence electrons. The van der Waals surface area contributed by atoms with Crippen molar-refractivity contribution in [2.45, 2.75) is 6.54 Å². The summed E-state index contributed by atoms with van der Waals surface area (Å²) >= 11 is 0. The van der Waals surface area contributed by atoms with Gasteiger partial charge in [0.1, 0.15) is 11.6 Å². The van der Waals surface area contributed by atoms with Crippen molar-refractivity contribution in [2.75, 3.05) is 11.0 Å². The zero-order valence-corrected chi connectivity index (χ0v) is 9.96. The molecule has 1 aromatic rings. The van der Waals surface area contributed by atoms with Gasteiger partial charge in [-0.05, 0) is 12.1 Å². The monoisotopic (exact) mass is 272 g/mol. The second-order valence-electron chi connectivity index (χ2n) is 3.00. The van der Waals surface area contributed by atoms with Crippen LogP contribution < -0.4 is 10.5 Å². The lowest BCUT2D eigenvalue weighted by molar-refractivity contribution is 0.558. The molecular formula is C8H11ClF2N2O2S. The Kier molecular flexibility index (Phi) is 5.11. The van der Waals surface area contributed by atoms with Crippen LogP contribution in [0.5, 0.6) is 0 Å². The third kappa shape index (κ3) is 3.92. The van der Waals surface area contributed by atoms with Crippen LogP contribution in [0.1, 0.15) is 5.56 Å². The van der Waals surface area contributed by atoms with Gasteiger partial charge in [-0.25, -0.2) is 17.2 Å². The quantitative estimate of drug-likeness (QED) is 0.869. The lowest BCUT2D eigenvalue weighted by atomic mass is 10.2. The van der Waals surface area contributed by atoms with Gasteiger partial charge >= 0.3 is 0 Å². The van der Waals surface area contributed by atoms with E-state index in [1.807, 2.05) is 4.72 Å². The smallest absolute Gasteiger partial charge is 0.229 e. The van der Waals surface area contributed by atoms with Gasteiger partial charge in [0.05, 0.1) is 11.9 Å². The summed E-state index contributed by atoms with van der Waals surface area (Å²) in [4.78, 5) is 0. The highest BCUT2D eigenvalue weighted by Crippen LogP contribution is 2.19. The number of rotatable bonds is 3. The van der Waals surface area contributed by atoms with Crippen molar-refractivity contribution in [2.24, 2.45) is 5.73 Å². The number of anilines is 1. The third-order valence-electron chi connectivity index (χ3n) is 1.65. The number of hydrogen-bond donors (Lipinski definition) is 2. The molecule has 0 heterocycles. The Labute approximate surface area is 98.3 Å². The number of benzene rings is 1. The van der Waals surface area contributed by atoms with Gasteiger partial charge in [-0.1, -0.05) is 0 Å². The molecule has 1 rings (SSSR count). The Morgan fingerprint density at radius 2 is 1.75 bits per heavy atom. The van der Waals surface area contributed by atoms with E-state index in [0.29, 0.717) is 0 Å². The summed E-state index contributed by atoms with van der Waals surface area (Å²) in [6, 6.07) is 1.76. The second kappa shape index (κ2) is 5.42. The van der Waals surface area contributed by atoms with Crippen LogP contribution in [0.25, 0.3) is 0 Å². The highest BCUT2D eigenvalue weighted by Gasteiger charge is 2.11. The van der Waals surface area contributed by atoms with Crippen molar-refractivity contribution >= 4 is 28.1 Å². The van der Waals surface area contributed by atoms with Gasteiger partial charge in [-0.15, -0.1) is 12.4 Å². The van der Waals surface area contributed by atoms with Crippen molar-refractivity contribution in [3.8, 4) is 0 Å². The summed E-state index contributed by atoms with van der Waals surface area (Å²) in [7, 11) is -3.54. The Morgan fingerprint density at radius 1 is 1.31 bits per heavy atom. The Morgan fingerprint density at radius 3 is 2.06 bits per heavy atom. The maximum absolute atomic E-state index is 13.1. The van der Waals surface area contributed by atoms with E-state index in [2.05, 4.69) is 0 Å². The van der Waals surface area contributed by atoms with E-state index in [9.17, 15) is 17.2 Å². The number of nitrogens with one attached hydrogen (secondary N) is 1. The zero-order chi connectivity index (χ0) is 11.6. The van der Waals surface area contributed by atoms with E-state index in [1.54, 1.807) is 0 Å². The van der Waals surface area contributed by atoms with Gasteiger partial charge in [0, 0.05) is 12.1 Å². The van der Waals surface area contributed by atoms with Crippen LogP contribution in [-0.2, 0) is 16.6 Å². The number of nitrogens with two attached hydrogens (primary N) is 1. The minimum absolute atomic E-state index is 0. The van der Waals surface area contributed by atoms with Crippen LogP contribution in [0.4, 0.5) is 14.5 Å². The predicted octanol–water partition coefficient (Wildman–Crippen LogP) is 1.22. The molecule has 8 heteroatoms. The summed E-state index contributed by atoms with van der Waals surface area (Å²) in [5.41, 5.74) is 4.68. The Balaban J connectivity index is 0.00000225. The van der Waals surface area contributed by atoms with E-state index < -0.39 is 21.7 Å². The fraction of sp³-hybridized carbons (Fsp3) is 0.250. The molecule has 0 aliphatic rings. The van der Waals surface area contributed by atoms with Crippen LogP contribution in [0.2, 0.25) is 0 Å². The SMILES string of the molecule is CS(=O)(=O)Nc1cc(F)c(CN)c(F)c1.Cl. The lowest BCUT2D eigenvalue weighted by Crippen LogP contribution is -2.11. The molecule has 0 aliphatic carbocycles.